The van der Waals surface area contributed by atoms with Crippen molar-refractivity contribution in [3.63, 3.8) is 0 Å². The second-order valence-corrected chi connectivity index (χ2v) is 10.4. The third kappa shape index (κ3) is 4.08. The van der Waals surface area contributed by atoms with Gasteiger partial charge in [0.1, 0.15) is 21.5 Å². The minimum Gasteiger partial charge on any atom is -0.390 e. The third-order valence-corrected chi connectivity index (χ3v) is 7.95. The van der Waals surface area contributed by atoms with Gasteiger partial charge >= 0.3 is 0 Å². The summed E-state index contributed by atoms with van der Waals surface area (Å²) in [6, 6.07) is 3.98. The van der Waals surface area contributed by atoms with E-state index >= 15 is 4.39 Å². The molecule has 0 aliphatic carbocycles. The topological polar surface area (TPSA) is 126 Å². The molecule has 10 nitrogen and oxygen atoms in total. The van der Waals surface area contributed by atoms with Gasteiger partial charge in [-0.25, -0.2) is 13.8 Å². The summed E-state index contributed by atoms with van der Waals surface area (Å²) in [5.74, 6) is -1.03. The molecule has 38 heavy (non-hydrogen) atoms. The van der Waals surface area contributed by atoms with Crippen molar-refractivity contribution in [1.82, 2.24) is 40.1 Å². The Morgan fingerprint density at radius 3 is 2.82 bits per heavy atom. The van der Waals surface area contributed by atoms with Crippen LogP contribution >= 0.6 is 34.2 Å². The predicted molar refractivity (Wildman–Crippen MR) is 140 cm³/mol. The molecule has 1 fully saturated rings. The van der Waals surface area contributed by atoms with E-state index < -0.39 is 18.2 Å². The molecule has 2 aliphatic heterocycles. The van der Waals surface area contributed by atoms with E-state index in [2.05, 4.69) is 30.5 Å². The lowest BCUT2D eigenvalue weighted by Gasteiger charge is -2.33. The van der Waals surface area contributed by atoms with Crippen LogP contribution in [0, 0.1) is 15.3 Å². The van der Waals surface area contributed by atoms with E-state index in [9.17, 15) is 14.3 Å². The van der Waals surface area contributed by atoms with Gasteiger partial charge in [0.25, 0.3) is 0 Å². The number of hydrogen-bond acceptors (Lipinski definition) is 7. The molecule has 3 aromatic heterocycles. The Kier molecular flexibility index (Phi) is 6.44. The molecule has 0 saturated carbocycles. The predicted octanol–water partition coefficient (Wildman–Crippen LogP) is 4.00. The van der Waals surface area contributed by atoms with Gasteiger partial charge in [0.05, 0.1) is 29.1 Å². The van der Waals surface area contributed by atoms with Crippen LogP contribution in [0.15, 0.2) is 36.8 Å². The molecular formula is C24H18ClF2IN8O2. The molecule has 0 unspecified atom stereocenters. The van der Waals surface area contributed by atoms with E-state index in [4.69, 9.17) is 11.6 Å². The highest BCUT2D eigenvalue weighted by Gasteiger charge is 2.42. The molecule has 2 N–H and O–H groups in total. The number of H-pyrrole nitrogens is 1. The molecule has 5 heterocycles. The summed E-state index contributed by atoms with van der Waals surface area (Å²) < 4.78 is 32.0. The van der Waals surface area contributed by atoms with Gasteiger partial charge in [0, 0.05) is 29.4 Å². The van der Waals surface area contributed by atoms with Crippen LogP contribution in [0.1, 0.15) is 42.4 Å². The Balaban J connectivity index is 1.35. The molecule has 2 atom stereocenters. The number of aliphatic hydroxyl groups excluding tert-OH is 1. The van der Waals surface area contributed by atoms with Crippen LogP contribution in [0.25, 0.3) is 22.5 Å². The highest BCUT2D eigenvalue weighted by atomic mass is 127. The minimum atomic E-state index is -0.645. The number of benzene rings is 1. The maximum Gasteiger partial charge on any atom is 0.247 e. The molecule has 0 spiro atoms. The van der Waals surface area contributed by atoms with Gasteiger partial charge in [-0.2, -0.15) is 4.68 Å². The number of hydrogen-bond donors (Lipinski definition) is 2. The second kappa shape index (κ2) is 9.78. The van der Waals surface area contributed by atoms with E-state index in [0.29, 0.717) is 45.7 Å². The Morgan fingerprint density at radius 1 is 1.21 bits per heavy atom. The fourth-order valence-corrected chi connectivity index (χ4v) is 6.04. The lowest BCUT2D eigenvalue weighted by Crippen LogP contribution is -2.39. The van der Waals surface area contributed by atoms with E-state index in [0.717, 1.165) is 0 Å². The minimum absolute atomic E-state index is 0.0615. The van der Waals surface area contributed by atoms with Crippen LogP contribution in [-0.2, 0) is 11.4 Å². The van der Waals surface area contributed by atoms with Gasteiger partial charge in [0.15, 0.2) is 11.6 Å². The molecule has 1 amide bonds. The molecule has 194 valence electrons. The molecule has 2 aliphatic rings. The molecule has 14 heteroatoms. The largest absolute Gasteiger partial charge is 0.390 e. The Bertz CT molecular complexity index is 1590. The molecule has 0 radical (unpaired) electrons. The number of aliphatic hydroxyl groups is 1. The number of amides is 1. The summed E-state index contributed by atoms with van der Waals surface area (Å²) in [5.41, 5.74) is 1.70. The Labute approximate surface area is 232 Å². The lowest BCUT2D eigenvalue weighted by atomic mass is 9.92. The summed E-state index contributed by atoms with van der Waals surface area (Å²) in [4.78, 5) is 26.8. The number of nitrogens with zero attached hydrogens (tertiary/aromatic N) is 7. The van der Waals surface area contributed by atoms with Crippen LogP contribution in [0.3, 0.4) is 0 Å². The van der Waals surface area contributed by atoms with Gasteiger partial charge in [0.2, 0.25) is 5.91 Å². The van der Waals surface area contributed by atoms with Crippen LogP contribution < -0.4 is 0 Å². The van der Waals surface area contributed by atoms with Crippen LogP contribution in [0.4, 0.5) is 8.78 Å². The van der Waals surface area contributed by atoms with E-state index in [1.807, 2.05) is 22.6 Å². The van der Waals surface area contributed by atoms with Gasteiger partial charge in [-0.15, -0.1) is 5.10 Å². The van der Waals surface area contributed by atoms with Crippen molar-refractivity contribution in [3.05, 3.63) is 74.2 Å². The van der Waals surface area contributed by atoms with Gasteiger partial charge in [-0.05, 0) is 76.1 Å². The maximum absolute atomic E-state index is 15.3. The van der Waals surface area contributed by atoms with Crippen LogP contribution in [0.2, 0.25) is 5.02 Å². The number of fused-ring (bicyclic) bond motifs is 1. The number of carbonyl (C=O) groups excluding carboxylic acids is 1. The fourth-order valence-electron chi connectivity index (χ4n) is 5.20. The van der Waals surface area contributed by atoms with Gasteiger partial charge < -0.3 is 15.0 Å². The number of carbonyl (C=O) groups is 1. The standard InChI is InChI=1S/C24H18ClF2IN8O2/c25-14-2-4-16(35-10-30-33-34-35)19(21(14)27)11-7-12-1-3-17(36(12)18(38)8-11)24-31-22(23(28)32-24)13-5-6-29-15(9-37)20(13)26/h2,4-6,8,10,12,17,37H,1,3,7,9H2,(H,31,32)/t12-,17+/m1/s1. The van der Waals surface area contributed by atoms with Gasteiger partial charge in [-0.3, -0.25) is 9.78 Å². The summed E-state index contributed by atoms with van der Waals surface area (Å²) in [5, 5.41) is 20.4. The molecular weight excluding hydrogens is 633 g/mol. The number of aromatic amines is 1. The maximum atomic E-state index is 15.3. The summed E-state index contributed by atoms with van der Waals surface area (Å²) in [6.07, 6.45) is 5.88. The third-order valence-electron chi connectivity index (χ3n) is 6.87. The van der Waals surface area contributed by atoms with Crippen LogP contribution in [0.5, 0.6) is 0 Å². The number of rotatable bonds is 5. The van der Waals surface area contributed by atoms with Crippen molar-refractivity contribution in [2.45, 2.75) is 38.0 Å². The van der Waals surface area contributed by atoms with Crippen molar-refractivity contribution in [2.24, 2.45) is 0 Å². The smallest absolute Gasteiger partial charge is 0.247 e. The number of halogens is 4. The van der Waals surface area contributed by atoms with E-state index in [-0.39, 0.29) is 39.8 Å². The van der Waals surface area contributed by atoms with E-state index in [1.165, 1.54) is 35.4 Å². The monoisotopic (exact) mass is 650 g/mol. The van der Waals surface area contributed by atoms with Crippen molar-refractivity contribution >= 4 is 45.7 Å². The summed E-state index contributed by atoms with van der Waals surface area (Å²) in [6.45, 7) is -0.527. The lowest BCUT2D eigenvalue weighted by molar-refractivity contribution is -0.129. The summed E-state index contributed by atoms with van der Waals surface area (Å²) >= 11 is 8.11. The first kappa shape index (κ1) is 25.0. The average molecular weight is 651 g/mol. The highest BCUT2D eigenvalue weighted by Crippen LogP contribution is 2.44. The molecule has 4 aromatic rings. The van der Waals surface area contributed by atoms with Crippen molar-refractivity contribution in [1.29, 1.82) is 0 Å². The van der Waals surface area contributed by atoms with Crippen molar-refractivity contribution < 1.29 is 18.7 Å². The Morgan fingerprint density at radius 2 is 2.05 bits per heavy atom. The fraction of sp³-hybridized carbons (Fsp3) is 0.250. The van der Waals surface area contributed by atoms with Gasteiger partial charge in [-0.1, -0.05) is 11.6 Å². The average Bonchev–Trinajstić information content (AvgIpc) is 3.66. The SMILES string of the molecule is O=C1C=C(c2c(-n3cnnn3)ccc(Cl)c2F)C[C@H]2CC[C@@H](c3nc(I)c(-c4ccnc(CO)c4F)[nH]3)N12. The number of pyridine rings is 1. The quantitative estimate of drug-likeness (QED) is 0.313. The molecule has 0 bridgehead atoms. The van der Waals surface area contributed by atoms with Crippen molar-refractivity contribution in [2.75, 3.05) is 0 Å². The highest BCUT2D eigenvalue weighted by molar-refractivity contribution is 14.1. The zero-order valence-corrected chi connectivity index (χ0v) is 22.4. The number of nitrogens with one attached hydrogen (secondary N) is 1. The molecule has 1 saturated heterocycles. The summed E-state index contributed by atoms with van der Waals surface area (Å²) in [7, 11) is 0. The molecule has 6 rings (SSSR count). The zero-order chi connectivity index (χ0) is 26.6. The van der Waals surface area contributed by atoms with E-state index in [1.54, 1.807) is 11.0 Å². The number of aromatic nitrogens is 7. The van der Waals surface area contributed by atoms with Crippen molar-refractivity contribution in [3.8, 4) is 16.9 Å². The number of tetrazole rings is 1. The normalized spacial score (nSPS) is 19.1. The zero-order valence-electron chi connectivity index (χ0n) is 19.4. The number of imidazole rings is 1. The van der Waals surface area contributed by atoms with Crippen LogP contribution in [-0.4, -0.2) is 57.1 Å². The first-order valence-electron chi connectivity index (χ1n) is 11.6. The first-order valence-corrected chi connectivity index (χ1v) is 13.1. The first-order chi connectivity index (χ1) is 18.4. The molecule has 1 aromatic carbocycles. The Hall–Kier alpha value is -3.30. The second-order valence-electron chi connectivity index (χ2n) is 8.94.